The van der Waals surface area contributed by atoms with Crippen molar-refractivity contribution < 1.29 is 28.9 Å². The molecular weight excluding hydrogens is 502 g/mol. The van der Waals surface area contributed by atoms with Gasteiger partial charge in [-0.2, -0.15) is 0 Å². The molecule has 0 N–H and O–H groups in total. The fourth-order valence-corrected chi connectivity index (χ4v) is 4.35. The number of benzene rings is 3. The standard InChI is InChI=1S/C25H19N3O8S/c1-35-22-12-17(7-10-21(22)36-15-16-5-8-19(9-6-16)27(31)32)13-23-24(29)26(25(30)37-23)14-18-3-2-4-20(11-18)28(33)34/h2-13H,14-15H2,1H3/b23-13+. The summed E-state index contributed by atoms with van der Waals surface area (Å²) in [7, 11) is 1.46. The van der Waals surface area contributed by atoms with Gasteiger partial charge >= 0.3 is 0 Å². The summed E-state index contributed by atoms with van der Waals surface area (Å²) in [5, 5.41) is 21.3. The van der Waals surface area contributed by atoms with Crippen molar-refractivity contribution in [3.05, 3.63) is 109 Å². The molecule has 0 saturated carbocycles. The third-order valence-corrected chi connectivity index (χ3v) is 6.27. The number of thioether (sulfide) groups is 1. The third kappa shape index (κ3) is 5.93. The first-order valence-electron chi connectivity index (χ1n) is 10.8. The van der Waals surface area contributed by atoms with Crippen molar-refractivity contribution in [2.24, 2.45) is 0 Å². The number of ether oxygens (including phenoxy) is 2. The van der Waals surface area contributed by atoms with Gasteiger partial charge in [0.2, 0.25) is 0 Å². The smallest absolute Gasteiger partial charge is 0.293 e. The fraction of sp³-hybridized carbons (Fsp3) is 0.120. The van der Waals surface area contributed by atoms with E-state index >= 15 is 0 Å². The zero-order valence-electron chi connectivity index (χ0n) is 19.4. The Labute approximate surface area is 214 Å². The molecule has 2 amide bonds. The molecule has 3 aromatic rings. The third-order valence-electron chi connectivity index (χ3n) is 5.36. The van der Waals surface area contributed by atoms with E-state index < -0.39 is 21.0 Å². The van der Waals surface area contributed by atoms with Crippen LogP contribution in [0.15, 0.2) is 71.6 Å². The Morgan fingerprint density at radius 2 is 1.62 bits per heavy atom. The van der Waals surface area contributed by atoms with Gasteiger partial charge in [0.1, 0.15) is 6.61 Å². The summed E-state index contributed by atoms with van der Waals surface area (Å²) < 4.78 is 11.2. The molecule has 1 aliphatic heterocycles. The summed E-state index contributed by atoms with van der Waals surface area (Å²) in [6, 6.07) is 16.8. The van der Waals surface area contributed by atoms with Gasteiger partial charge in [0, 0.05) is 24.3 Å². The van der Waals surface area contributed by atoms with Gasteiger partial charge in [0.05, 0.1) is 28.4 Å². The van der Waals surface area contributed by atoms with Crippen LogP contribution in [0.1, 0.15) is 16.7 Å². The summed E-state index contributed by atoms with van der Waals surface area (Å²) in [6.45, 7) is 0.0761. The topological polar surface area (TPSA) is 142 Å². The maximum atomic E-state index is 12.9. The summed E-state index contributed by atoms with van der Waals surface area (Å²) >= 11 is 0.779. The first-order chi connectivity index (χ1) is 17.7. The molecule has 0 bridgehead atoms. The molecule has 0 aliphatic carbocycles. The second-order valence-electron chi connectivity index (χ2n) is 7.82. The van der Waals surface area contributed by atoms with Crippen LogP contribution in [0.3, 0.4) is 0 Å². The number of nitrogens with zero attached hydrogens (tertiary/aromatic N) is 3. The van der Waals surface area contributed by atoms with Crippen LogP contribution >= 0.6 is 11.8 Å². The SMILES string of the molecule is COc1cc(/C=C2/SC(=O)N(Cc3cccc([N+](=O)[O-])c3)C2=O)ccc1OCc1ccc([N+](=O)[O-])cc1. The number of imide groups is 1. The average Bonchev–Trinajstić information content (AvgIpc) is 3.15. The van der Waals surface area contributed by atoms with Crippen LogP contribution in [-0.2, 0) is 17.9 Å². The van der Waals surface area contributed by atoms with Gasteiger partial charge in [0.15, 0.2) is 11.5 Å². The lowest BCUT2D eigenvalue weighted by Gasteiger charge is -2.12. The van der Waals surface area contributed by atoms with Crippen LogP contribution in [0.4, 0.5) is 16.2 Å². The molecule has 1 aliphatic rings. The van der Waals surface area contributed by atoms with Crippen LogP contribution in [0.5, 0.6) is 11.5 Å². The highest BCUT2D eigenvalue weighted by Gasteiger charge is 2.35. The van der Waals surface area contributed by atoms with E-state index in [1.807, 2.05) is 0 Å². The Balaban J connectivity index is 1.46. The van der Waals surface area contributed by atoms with E-state index in [4.69, 9.17) is 9.47 Å². The van der Waals surface area contributed by atoms with E-state index in [1.54, 1.807) is 42.5 Å². The highest BCUT2D eigenvalue weighted by Crippen LogP contribution is 2.35. The maximum Gasteiger partial charge on any atom is 0.293 e. The molecule has 1 heterocycles. The largest absolute Gasteiger partial charge is 0.493 e. The molecule has 12 heteroatoms. The van der Waals surface area contributed by atoms with Crippen molar-refractivity contribution >= 4 is 40.4 Å². The minimum Gasteiger partial charge on any atom is -0.493 e. The Morgan fingerprint density at radius 3 is 2.30 bits per heavy atom. The quantitative estimate of drug-likeness (QED) is 0.207. The molecular formula is C25H19N3O8S. The first-order valence-corrected chi connectivity index (χ1v) is 11.6. The first kappa shape index (κ1) is 25.4. The number of rotatable bonds is 9. The van der Waals surface area contributed by atoms with Gasteiger partial charge < -0.3 is 9.47 Å². The summed E-state index contributed by atoms with van der Waals surface area (Å²) in [5.74, 6) is 0.322. The van der Waals surface area contributed by atoms with Gasteiger partial charge in [-0.1, -0.05) is 18.2 Å². The van der Waals surface area contributed by atoms with E-state index in [2.05, 4.69) is 0 Å². The molecule has 3 aromatic carbocycles. The molecule has 1 fully saturated rings. The predicted molar refractivity (Wildman–Crippen MR) is 135 cm³/mol. The number of carbonyl (C=O) groups excluding carboxylic acids is 2. The maximum absolute atomic E-state index is 12.9. The Hall–Kier alpha value is -4.71. The van der Waals surface area contributed by atoms with E-state index in [1.165, 1.54) is 37.4 Å². The van der Waals surface area contributed by atoms with Crippen molar-refractivity contribution in [1.82, 2.24) is 4.90 Å². The van der Waals surface area contributed by atoms with Crippen molar-refractivity contribution in [2.45, 2.75) is 13.2 Å². The number of amides is 2. The molecule has 188 valence electrons. The lowest BCUT2D eigenvalue weighted by atomic mass is 10.1. The molecule has 0 unspecified atom stereocenters. The predicted octanol–water partition coefficient (Wildman–Crippen LogP) is 5.33. The highest BCUT2D eigenvalue weighted by atomic mass is 32.2. The second-order valence-corrected chi connectivity index (χ2v) is 8.81. The minimum absolute atomic E-state index is 0.0137. The van der Waals surface area contributed by atoms with Crippen LogP contribution < -0.4 is 9.47 Å². The van der Waals surface area contributed by atoms with Gasteiger partial charge in [0.25, 0.3) is 22.5 Å². The number of nitro benzene ring substituents is 2. The zero-order valence-corrected chi connectivity index (χ0v) is 20.2. The van der Waals surface area contributed by atoms with Crippen molar-refractivity contribution in [3.63, 3.8) is 0 Å². The number of non-ortho nitro benzene ring substituents is 2. The minimum atomic E-state index is -0.538. The molecule has 0 radical (unpaired) electrons. The zero-order chi connectivity index (χ0) is 26.5. The summed E-state index contributed by atoms with van der Waals surface area (Å²) in [6.07, 6.45) is 1.56. The highest BCUT2D eigenvalue weighted by molar-refractivity contribution is 8.18. The van der Waals surface area contributed by atoms with Crippen molar-refractivity contribution in [1.29, 1.82) is 0 Å². The molecule has 1 saturated heterocycles. The van der Waals surface area contributed by atoms with Crippen LogP contribution in [-0.4, -0.2) is 33.0 Å². The van der Waals surface area contributed by atoms with E-state index in [0.29, 0.717) is 22.6 Å². The number of methoxy groups -OCH3 is 1. The molecule has 4 rings (SSSR count). The van der Waals surface area contributed by atoms with Gasteiger partial charge in [-0.25, -0.2) is 0 Å². The van der Waals surface area contributed by atoms with Crippen LogP contribution in [0, 0.1) is 20.2 Å². The molecule has 37 heavy (non-hydrogen) atoms. The monoisotopic (exact) mass is 521 g/mol. The molecule has 11 nitrogen and oxygen atoms in total. The lowest BCUT2D eigenvalue weighted by molar-refractivity contribution is -0.385. The van der Waals surface area contributed by atoms with Crippen LogP contribution in [0.2, 0.25) is 0 Å². The number of carbonyl (C=O) groups is 2. The molecule has 0 atom stereocenters. The Bertz CT molecular complexity index is 1420. The van der Waals surface area contributed by atoms with Crippen molar-refractivity contribution in [2.75, 3.05) is 7.11 Å². The molecule has 0 aromatic heterocycles. The summed E-state index contributed by atoms with van der Waals surface area (Å²) in [5.41, 5.74) is 1.66. The van der Waals surface area contributed by atoms with Gasteiger partial charge in [-0.05, 0) is 58.8 Å². The normalized spacial score (nSPS) is 14.2. The van der Waals surface area contributed by atoms with E-state index in [9.17, 15) is 29.8 Å². The average molecular weight is 522 g/mol. The van der Waals surface area contributed by atoms with Crippen molar-refractivity contribution in [3.8, 4) is 11.5 Å². The molecule has 0 spiro atoms. The van der Waals surface area contributed by atoms with E-state index in [-0.39, 0.29) is 29.4 Å². The Kier molecular flexibility index (Phi) is 7.49. The lowest BCUT2D eigenvalue weighted by Crippen LogP contribution is -2.27. The Morgan fingerprint density at radius 1 is 0.892 bits per heavy atom. The van der Waals surface area contributed by atoms with Gasteiger partial charge in [-0.15, -0.1) is 0 Å². The second kappa shape index (κ2) is 10.9. The fourth-order valence-electron chi connectivity index (χ4n) is 3.51. The number of hydrogen-bond acceptors (Lipinski definition) is 9. The van der Waals surface area contributed by atoms with Gasteiger partial charge in [-0.3, -0.25) is 34.7 Å². The number of nitro groups is 2. The number of hydrogen-bond donors (Lipinski definition) is 0. The van der Waals surface area contributed by atoms with E-state index in [0.717, 1.165) is 22.2 Å². The van der Waals surface area contributed by atoms with Crippen LogP contribution in [0.25, 0.3) is 6.08 Å². The summed E-state index contributed by atoms with van der Waals surface area (Å²) in [4.78, 5) is 47.4.